The van der Waals surface area contributed by atoms with E-state index in [0.29, 0.717) is 5.56 Å². The molecule has 31 heavy (non-hydrogen) atoms. The fourth-order valence-electron chi connectivity index (χ4n) is 2.81. The van der Waals surface area contributed by atoms with Gasteiger partial charge in [0.1, 0.15) is 11.7 Å². The van der Waals surface area contributed by atoms with Crippen molar-refractivity contribution in [1.82, 2.24) is 15.6 Å². The Hall–Kier alpha value is -4.20. The largest absolute Gasteiger partial charge is 0.454 e. The highest BCUT2D eigenvalue weighted by molar-refractivity contribution is 6.04. The third kappa shape index (κ3) is 6.40. The van der Waals surface area contributed by atoms with Crippen LogP contribution in [0.3, 0.4) is 0 Å². The molecule has 1 atom stereocenters. The number of carbonyl (C=O) groups excluding carboxylic acids is 4. The predicted octanol–water partition coefficient (Wildman–Crippen LogP) is 1.86. The number of ether oxygens (including phenoxy) is 1. The normalized spacial score (nSPS) is 11.2. The van der Waals surface area contributed by atoms with E-state index in [-0.39, 0.29) is 12.1 Å². The Morgan fingerprint density at radius 3 is 2.16 bits per heavy atom. The van der Waals surface area contributed by atoms with Crippen LogP contribution in [-0.4, -0.2) is 41.3 Å². The van der Waals surface area contributed by atoms with Gasteiger partial charge in [0.25, 0.3) is 17.7 Å². The second-order valence-corrected chi connectivity index (χ2v) is 6.65. The Balaban J connectivity index is 1.61. The molecule has 3 amide bonds. The number of rotatable bonds is 8. The third-order valence-corrected chi connectivity index (χ3v) is 4.35. The SMILES string of the molecule is O=C(COC(=O)C(Cc1ccccc1)NC(=O)c1ccccc1)NC(=O)c1ccc[nH]1. The van der Waals surface area contributed by atoms with E-state index >= 15 is 0 Å². The maximum atomic E-state index is 12.6. The summed E-state index contributed by atoms with van der Waals surface area (Å²) in [5, 5.41) is 4.77. The van der Waals surface area contributed by atoms with Crippen molar-refractivity contribution in [2.45, 2.75) is 12.5 Å². The van der Waals surface area contributed by atoms with Crippen LogP contribution in [0.4, 0.5) is 0 Å². The van der Waals surface area contributed by atoms with E-state index in [9.17, 15) is 19.2 Å². The van der Waals surface area contributed by atoms with Crippen molar-refractivity contribution in [3.63, 3.8) is 0 Å². The topological polar surface area (TPSA) is 117 Å². The lowest BCUT2D eigenvalue weighted by atomic mass is 10.1. The lowest BCUT2D eigenvalue weighted by Gasteiger charge is -2.18. The molecule has 3 aromatic rings. The first-order valence-corrected chi connectivity index (χ1v) is 9.57. The van der Waals surface area contributed by atoms with E-state index in [1.807, 2.05) is 30.3 Å². The summed E-state index contributed by atoms with van der Waals surface area (Å²) in [6.07, 6.45) is 1.73. The van der Waals surface area contributed by atoms with E-state index in [1.165, 1.54) is 6.07 Å². The van der Waals surface area contributed by atoms with Crippen LogP contribution in [0.2, 0.25) is 0 Å². The molecule has 0 spiro atoms. The Bertz CT molecular complexity index is 1030. The van der Waals surface area contributed by atoms with Gasteiger partial charge in [-0.2, -0.15) is 0 Å². The number of H-pyrrole nitrogens is 1. The number of carbonyl (C=O) groups is 4. The average Bonchev–Trinajstić information content (AvgIpc) is 3.33. The zero-order valence-corrected chi connectivity index (χ0v) is 16.5. The van der Waals surface area contributed by atoms with Crippen molar-refractivity contribution in [2.75, 3.05) is 6.61 Å². The molecule has 3 rings (SSSR count). The Morgan fingerprint density at radius 2 is 1.52 bits per heavy atom. The number of esters is 1. The minimum Gasteiger partial charge on any atom is -0.454 e. The number of imide groups is 1. The summed E-state index contributed by atoms with van der Waals surface area (Å²) < 4.78 is 5.07. The highest BCUT2D eigenvalue weighted by atomic mass is 16.5. The molecule has 0 aliphatic rings. The molecule has 0 saturated heterocycles. The molecule has 8 heteroatoms. The minimum atomic E-state index is -1.01. The summed E-state index contributed by atoms with van der Waals surface area (Å²) in [5.41, 5.74) is 1.41. The Morgan fingerprint density at radius 1 is 0.839 bits per heavy atom. The van der Waals surface area contributed by atoms with Crippen LogP contribution >= 0.6 is 0 Å². The van der Waals surface area contributed by atoms with Crippen LogP contribution < -0.4 is 10.6 Å². The van der Waals surface area contributed by atoms with Crippen molar-refractivity contribution < 1.29 is 23.9 Å². The molecular formula is C23H21N3O5. The summed E-state index contributed by atoms with van der Waals surface area (Å²) in [6, 6.07) is 19.7. The summed E-state index contributed by atoms with van der Waals surface area (Å²) in [4.78, 5) is 51.7. The van der Waals surface area contributed by atoms with Crippen molar-refractivity contribution in [3.05, 3.63) is 95.8 Å². The van der Waals surface area contributed by atoms with Crippen molar-refractivity contribution in [1.29, 1.82) is 0 Å². The van der Waals surface area contributed by atoms with Crippen LogP contribution in [0.15, 0.2) is 79.0 Å². The van der Waals surface area contributed by atoms with Crippen molar-refractivity contribution in [2.24, 2.45) is 0 Å². The third-order valence-electron chi connectivity index (χ3n) is 4.35. The van der Waals surface area contributed by atoms with Gasteiger partial charge in [0.15, 0.2) is 6.61 Å². The minimum absolute atomic E-state index is 0.182. The molecule has 0 bridgehead atoms. The van der Waals surface area contributed by atoms with Gasteiger partial charge in [-0.1, -0.05) is 48.5 Å². The first-order chi connectivity index (χ1) is 15.0. The first-order valence-electron chi connectivity index (χ1n) is 9.57. The summed E-state index contributed by atoms with van der Waals surface area (Å²) in [6.45, 7) is -0.655. The van der Waals surface area contributed by atoms with Crippen LogP contribution in [0.1, 0.15) is 26.4 Å². The maximum absolute atomic E-state index is 12.6. The number of benzene rings is 2. The van der Waals surface area contributed by atoms with E-state index in [4.69, 9.17) is 4.74 Å². The van der Waals surface area contributed by atoms with Crippen LogP contribution in [-0.2, 0) is 20.7 Å². The second kappa shape index (κ2) is 10.5. The standard InChI is InChI=1S/C23H21N3O5/c27-20(26-22(29)18-12-7-13-24-18)15-31-23(30)19(14-16-8-3-1-4-9-16)25-21(28)17-10-5-2-6-11-17/h1-13,19,24H,14-15H2,(H,25,28)(H,26,27,29). The molecule has 3 N–H and O–H groups in total. The molecule has 0 saturated carbocycles. The maximum Gasteiger partial charge on any atom is 0.329 e. The molecule has 0 fully saturated rings. The number of aromatic amines is 1. The Labute approximate surface area is 178 Å². The zero-order valence-electron chi connectivity index (χ0n) is 16.5. The lowest BCUT2D eigenvalue weighted by Crippen LogP contribution is -2.44. The van der Waals surface area contributed by atoms with Crippen molar-refractivity contribution in [3.8, 4) is 0 Å². The number of aromatic nitrogens is 1. The molecule has 1 unspecified atom stereocenters. The van der Waals surface area contributed by atoms with Crippen LogP contribution in [0, 0.1) is 0 Å². The quantitative estimate of drug-likeness (QED) is 0.482. The van der Waals surface area contributed by atoms with Gasteiger partial charge >= 0.3 is 5.97 Å². The second-order valence-electron chi connectivity index (χ2n) is 6.65. The molecule has 0 aliphatic heterocycles. The van der Waals surface area contributed by atoms with E-state index in [1.54, 1.807) is 42.6 Å². The van der Waals surface area contributed by atoms with Gasteiger partial charge in [0, 0.05) is 18.2 Å². The van der Waals surface area contributed by atoms with Gasteiger partial charge in [-0.3, -0.25) is 19.7 Å². The molecule has 0 radical (unpaired) electrons. The zero-order chi connectivity index (χ0) is 22.1. The van der Waals surface area contributed by atoms with E-state index < -0.39 is 36.3 Å². The molecule has 1 heterocycles. The molecule has 2 aromatic carbocycles. The summed E-state index contributed by atoms with van der Waals surface area (Å²) in [7, 11) is 0. The van der Waals surface area contributed by atoms with Gasteiger partial charge in [0.05, 0.1) is 0 Å². The van der Waals surface area contributed by atoms with Gasteiger partial charge in [0.2, 0.25) is 0 Å². The first kappa shape index (κ1) is 21.5. The highest BCUT2D eigenvalue weighted by Gasteiger charge is 2.24. The van der Waals surface area contributed by atoms with E-state index in [0.717, 1.165) is 5.56 Å². The lowest BCUT2D eigenvalue weighted by molar-refractivity contribution is -0.150. The molecule has 8 nitrogen and oxygen atoms in total. The number of amides is 3. The monoisotopic (exact) mass is 419 g/mol. The number of hydrogen-bond donors (Lipinski definition) is 3. The summed E-state index contributed by atoms with van der Waals surface area (Å²) in [5.74, 6) is -2.63. The molecular weight excluding hydrogens is 398 g/mol. The van der Waals surface area contributed by atoms with Crippen LogP contribution in [0.25, 0.3) is 0 Å². The smallest absolute Gasteiger partial charge is 0.329 e. The fourth-order valence-corrected chi connectivity index (χ4v) is 2.81. The van der Waals surface area contributed by atoms with Crippen molar-refractivity contribution >= 4 is 23.7 Å². The van der Waals surface area contributed by atoms with E-state index in [2.05, 4.69) is 15.6 Å². The average molecular weight is 419 g/mol. The molecule has 0 aliphatic carbocycles. The Kier molecular flexibility index (Phi) is 7.31. The van der Waals surface area contributed by atoms with Crippen LogP contribution in [0.5, 0.6) is 0 Å². The number of nitrogens with one attached hydrogen (secondary N) is 3. The predicted molar refractivity (Wildman–Crippen MR) is 112 cm³/mol. The highest BCUT2D eigenvalue weighted by Crippen LogP contribution is 2.07. The molecule has 1 aromatic heterocycles. The fraction of sp³-hybridized carbons (Fsp3) is 0.130. The number of hydrogen-bond acceptors (Lipinski definition) is 5. The van der Waals surface area contributed by atoms with Gasteiger partial charge in [-0.15, -0.1) is 0 Å². The molecule has 158 valence electrons. The van der Waals surface area contributed by atoms with Gasteiger partial charge in [-0.25, -0.2) is 4.79 Å². The van der Waals surface area contributed by atoms with Gasteiger partial charge < -0.3 is 15.0 Å². The van der Waals surface area contributed by atoms with Gasteiger partial charge in [-0.05, 0) is 29.8 Å². The summed E-state index contributed by atoms with van der Waals surface area (Å²) >= 11 is 0.